The van der Waals surface area contributed by atoms with E-state index >= 15 is 0 Å². The van der Waals surface area contributed by atoms with Gasteiger partial charge in [-0.05, 0) is 29.8 Å². The Hall–Kier alpha value is -1.79. The number of ketones is 1. The van der Waals surface area contributed by atoms with Crippen LogP contribution in [0.2, 0.25) is 5.02 Å². The van der Waals surface area contributed by atoms with Crippen LogP contribution in [0.25, 0.3) is 0 Å². The lowest BCUT2D eigenvalue weighted by molar-refractivity contribution is -0.185. The Balaban J connectivity index is 1.43. The third-order valence-corrected chi connectivity index (χ3v) is 5.52. The van der Waals surface area contributed by atoms with Crippen LogP contribution in [0.4, 0.5) is 4.39 Å². The van der Waals surface area contributed by atoms with Crippen molar-refractivity contribution in [1.82, 2.24) is 4.90 Å². The Morgan fingerprint density at radius 2 is 1.78 bits per heavy atom. The van der Waals surface area contributed by atoms with Crippen molar-refractivity contribution in [3.05, 3.63) is 70.0 Å². The third kappa shape index (κ3) is 4.06. The average molecular weight is 390 g/mol. The number of benzene rings is 2. The van der Waals surface area contributed by atoms with E-state index in [0.29, 0.717) is 24.3 Å². The maximum absolute atomic E-state index is 13.7. The molecule has 0 unspecified atom stereocenters. The van der Waals surface area contributed by atoms with Crippen molar-refractivity contribution in [2.75, 3.05) is 26.3 Å². The molecule has 2 aliphatic rings. The number of halogens is 2. The summed E-state index contributed by atoms with van der Waals surface area (Å²) in [6, 6.07) is 11.6. The van der Waals surface area contributed by atoms with E-state index in [4.69, 9.17) is 21.1 Å². The molecular weight excluding hydrogens is 369 g/mol. The monoisotopic (exact) mass is 389 g/mol. The zero-order chi connectivity index (χ0) is 18.9. The maximum Gasteiger partial charge on any atom is 0.193 e. The lowest BCUT2D eigenvalue weighted by Gasteiger charge is -2.37. The van der Waals surface area contributed by atoms with Crippen LogP contribution in [-0.4, -0.2) is 42.8 Å². The molecule has 0 atom stereocenters. The summed E-state index contributed by atoms with van der Waals surface area (Å²) < 4.78 is 25.2. The first-order valence-corrected chi connectivity index (χ1v) is 9.51. The van der Waals surface area contributed by atoms with Crippen LogP contribution < -0.4 is 0 Å². The van der Waals surface area contributed by atoms with E-state index in [9.17, 15) is 9.18 Å². The van der Waals surface area contributed by atoms with E-state index < -0.39 is 5.82 Å². The van der Waals surface area contributed by atoms with E-state index in [1.54, 1.807) is 12.1 Å². The highest BCUT2D eigenvalue weighted by Crippen LogP contribution is 2.31. The maximum atomic E-state index is 13.7. The summed E-state index contributed by atoms with van der Waals surface area (Å²) in [5.74, 6) is -1.18. The molecule has 2 aliphatic heterocycles. The molecule has 142 valence electrons. The predicted molar refractivity (Wildman–Crippen MR) is 100 cm³/mol. The molecule has 0 N–H and O–H groups in total. The van der Waals surface area contributed by atoms with Gasteiger partial charge in [0.2, 0.25) is 0 Å². The Bertz CT molecular complexity index is 841. The molecule has 0 saturated carbocycles. The fourth-order valence-electron chi connectivity index (χ4n) is 3.71. The van der Waals surface area contributed by atoms with Crippen molar-refractivity contribution in [1.29, 1.82) is 0 Å². The lowest BCUT2D eigenvalue weighted by Crippen LogP contribution is -2.44. The van der Waals surface area contributed by atoms with Crippen molar-refractivity contribution in [2.45, 2.75) is 25.2 Å². The molecule has 0 aromatic heterocycles. The number of piperidine rings is 1. The van der Waals surface area contributed by atoms with E-state index in [0.717, 1.165) is 38.0 Å². The van der Waals surface area contributed by atoms with Crippen molar-refractivity contribution in [3.8, 4) is 0 Å². The van der Waals surface area contributed by atoms with Crippen molar-refractivity contribution in [2.24, 2.45) is 0 Å². The van der Waals surface area contributed by atoms with Crippen LogP contribution in [0.3, 0.4) is 0 Å². The Kier molecular flexibility index (Phi) is 5.28. The number of hydrogen-bond acceptors (Lipinski definition) is 4. The molecule has 4 rings (SSSR count). The van der Waals surface area contributed by atoms with Gasteiger partial charge < -0.3 is 9.47 Å². The molecule has 6 heteroatoms. The van der Waals surface area contributed by atoms with Crippen LogP contribution in [0.5, 0.6) is 0 Å². The fraction of sp³-hybridized carbons (Fsp3) is 0.381. The van der Waals surface area contributed by atoms with Crippen LogP contribution in [0.1, 0.15) is 34.3 Å². The molecule has 4 nitrogen and oxygen atoms in total. The number of ether oxygens (including phenoxy) is 2. The number of hydrogen-bond donors (Lipinski definition) is 0. The quantitative estimate of drug-likeness (QED) is 0.739. The van der Waals surface area contributed by atoms with Crippen molar-refractivity contribution < 1.29 is 18.7 Å². The highest BCUT2D eigenvalue weighted by Gasteiger charge is 2.39. The Morgan fingerprint density at radius 1 is 1.07 bits per heavy atom. The van der Waals surface area contributed by atoms with Crippen molar-refractivity contribution in [3.63, 3.8) is 0 Å². The largest absolute Gasteiger partial charge is 0.347 e. The Labute approximate surface area is 162 Å². The zero-order valence-electron chi connectivity index (χ0n) is 14.9. The van der Waals surface area contributed by atoms with Gasteiger partial charge in [0, 0.05) is 43.6 Å². The van der Waals surface area contributed by atoms with Gasteiger partial charge in [-0.25, -0.2) is 4.39 Å². The predicted octanol–water partition coefficient (Wildman–Crippen LogP) is 4.05. The second-order valence-corrected chi connectivity index (χ2v) is 7.45. The first-order chi connectivity index (χ1) is 13.0. The molecule has 0 radical (unpaired) electrons. The summed E-state index contributed by atoms with van der Waals surface area (Å²) in [7, 11) is 0. The number of likely N-dealkylation sites (tertiary alicyclic amines) is 1. The molecule has 0 amide bonds. The zero-order valence-corrected chi connectivity index (χ0v) is 15.7. The normalized spacial score (nSPS) is 19.5. The molecule has 2 aromatic carbocycles. The van der Waals surface area contributed by atoms with Crippen LogP contribution >= 0.6 is 11.6 Å². The first-order valence-electron chi connectivity index (χ1n) is 9.14. The minimum absolute atomic E-state index is 0.0124. The van der Waals surface area contributed by atoms with Gasteiger partial charge in [-0.15, -0.1) is 0 Å². The van der Waals surface area contributed by atoms with E-state index in [1.807, 2.05) is 18.2 Å². The SMILES string of the molecule is O=C(c1cccc(CN2CCC3(CC2)OCCO3)c1)c1ccc(Cl)c(F)c1. The fourth-order valence-corrected chi connectivity index (χ4v) is 3.83. The highest BCUT2D eigenvalue weighted by molar-refractivity contribution is 6.30. The third-order valence-electron chi connectivity index (χ3n) is 5.21. The molecule has 1 spiro atoms. The second-order valence-electron chi connectivity index (χ2n) is 7.04. The molecule has 0 bridgehead atoms. The molecule has 2 fully saturated rings. The first kappa shape index (κ1) is 18.6. The van der Waals surface area contributed by atoms with Gasteiger partial charge in [0.05, 0.1) is 18.2 Å². The molecule has 2 saturated heterocycles. The summed E-state index contributed by atoms with van der Waals surface area (Å²) >= 11 is 5.70. The summed E-state index contributed by atoms with van der Waals surface area (Å²) in [6.07, 6.45) is 1.71. The van der Waals surface area contributed by atoms with Crippen LogP contribution in [0.15, 0.2) is 42.5 Å². The average Bonchev–Trinajstić information content (AvgIpc) is 3.14. The van der Waals surface area contributed by atoms with E-state index in [-0.39, 0.29) is 16.6 Å². The summed E-state index contributed by atoms with van der Waals surface area (Å²) in [5.41, 5.74) is 1.90. The van der Waals surface area contributed by atoms with Gasteiger partial charge in [-0.1, -0.05) is 29.8 Å². The summed E-state index contributed by atoms with van der Waals surface area (Å²) in [5, 5.41) is 0.0124. The topological polar surface area (TPSA) is 38.8 Å². The molecular formula is C21H21ClFNO3. The number of carbonyl (C=O) groups excluding carboxylic acids is 1. The lowest BCUT2D eigenvalue weighted by atomic mass is 10.00. The summed E-state index contributed by atoms with van der Waals surface area (Å²) in [4.78, 5) is 15.0. The van der Waals surface area contributed by atoms with Gasteiger partial charge in [0.1, 0.15) is 5.82 Å². The Morgan fingerprint density at radius 3 is 2.48 bits per heavy atom. The molecule has 2 heterocycles. The minimum atomic E-state index is -0.586. The van der Waals surface area contributed by atoms with Crippen LogP contribution in [0, 0.1) is 5.82 Å². The number of carbonyl (C=O) groups is 1. The molecule has 27 heavy (non-hydrogen) atoms. The smallest absolute Gasteiger partial charge is 0.193 e. The van der Waals surface area contributed by atoms with Gasteiger partial charge in [-0.3, -0.25) is 9.69 Å². The van der Waals surface area contributed by atoms with Gasteiger partial charge in [0.25, 0.3) is 0 Å². The van der Waals surface area contributed by atoms with E-state index in [1.165, 1.54) is 12.1 Å². The molecule has 2 aromatic rings. The number of rotatable bonds is 4. The van der Waals surface area contributed by atoms with Gasteiger partial charge in [0.15, 0.2) is 11.6 Å². The summed E-state index contributed by atoms with van der Waals surface area (Å²) in [6.45, 7) is 3.89. The van der Waals surface area contributed by atoms with E-state index in [2.05, 4.69) is 4.90 Å². The standard InChI is InChI=1S/C21H21ClFNO3/c22-18-5-4-17(13-19(18)23)20(25)16-3-1-2-15(12-16)14-24-8-6-21(7-9-24)26-10-11-27-21/h1-5,12-13H,6-11,14H2. The van der Waals surface area contributed by atoms with Gasteiger partial charge in [-0.2, -0.15) is 0 Å². The minimum Gasteiger partial charge on any atom is -0.347 e. The van der Waals surface area contributed by atoms with Gasteiger partial charge >= 0.3 is 0 Å². The second kappa shape index (κ2) is 7.68. The van der Waals surface area contributed by atoms with Crippen molar-refractivity contribution >= 4 is 17.4 Å². The number of nitrogens with zero attached hydrogens (tertiary/aromatic N) is 1. The van der Waals surface area contributed by atoms with Crippen LogP contribution in [-0.2, 0) is 16.0 Å². The highest BCUT2D eigenvalue weighted by atomic mass is 35.5. The molecule has 0 aliphatic carbocycles.